The maximum absolute atomic E-state index is 11.9. The third-order valence-electron chi connectivity index (χ3n) is 2.62. The summed E-state index contributed by atoms with van der Waals surface area (Å²) in [7, 11) is 0. The Bertz CT molecular complexity index is 484. The molecule has 3 N–H and O–H groups in total. The van der Waals surface area contributed by atoms with E-state index in [1.807, 2.05) is 6.92 Å². The van der Waals surface area contributed by atoms with Gasteiger partial charge in [-0.15, -0.1) is 0 Å². The Balaban J connectivity index is 2.48. The van der Waals surface area contributed by atoms with E-state index >= 15 is 0 Å². The van der Waals surface area contributed by atoms with Crippen LogP contribution in [-0.4, -0.2) is 29.4 Å². The summed E-state index contributed by atoms with van der Waals surface area (Å²) in [4.78, 5) is 28.9. The fourth-order valence-corrected chi connectivity index (χ4v) is 1.73. The van der Waals surface area contributed by atoms with Crippen LogP contribution in [0, 0.1) is 6.92 Å². The van der Waals surface area contributed by atoms with Gasteiger partial charge in [0.2, 0.25) is 11.8 Å². The highest BCUT2D eigenvalue weighted by atomic mass is 16.2. The Labute approximate surface area is 98.8 Å². The molecular weight excluding hydrogens is 220 g/mol. The Morgan fingerprint density at radius 3 is 3.00 bits per heavy atom. The molecule has 1 aliphatic heterocycles. The number of nitrogens with zero attached hydrogens (tertiary/aromatic N) is 2. The SMILES string of the molecule is Cc1ccnc2c1NC(=O)CN2C(=O)C(C)N. The molecule has 0 saturated carbocycles. The molecule has 1 aromatic heterocycles. The number of nitrogens with two attached hydrogens (primary N) is 1. The zero-order chi connectivity index (χ0) is 12.6. The van der Waals surface area contributed by atoms with Gasteiger partial charge in [0.15, 0.2) is 5.82 Å². The van der Waals surface area contributed by atoms with Gasteiger partial charge in [0.1, 0.15) is 6.54 Å². The van der Waals surface area contributed by atoms with Crippen LogP contribution in [0.4, 0.5) is 11.5 Å². The zero-order valence-corrected chi connectivity index (χ0v) is 9.73. The lowest BCUT2D eigenvalue weighted by molar-refractivity contribution is -0.122. The van der Waals surface area contributed by atoms with E-state index in [0.29, 0.717) is 11.5 Å². The van der Waals surface area contributed by atoms with Gasteiger partial charge in [-0.1, -0.05) is 0 Å². The van der Waals surface area contributed by atoms with E-state index in [2.05, 4.69) is 10.3 Å². The van der Waals surface area contributed by atoms with E-state index in [9.17, 15) is 9.59 Å². The van der Waals surface area contributed by atoms with Crippen molar-refractivity contribution in [3.63, 3.8) is 0 Å². The second kappa shape index (κ2) is 4.14. The number of hydrogen-bond donors (Lipinski definition) is 2. The summed E-state index contributed by atoms with van der Waals surface area (Å²) in [6, 6.07) is 1.12. The first-order valence-corrected chi connectivity index (χ1v) is 5.33. The monoisotopic (exact) mass is 234 g/mol. The Morgan fingerprint density at radius 2 is 2.35 bits per heavy atom. The molecule has 0 aliphatic carbocycles. The van der Waals surface area contributed by atoms with Gasteiger partial charge in [0, 0.05) is 6.20 Å². The summed E-state index contributed by atoms with van der Waals surface area (Å²) in [6.45, 7) is 3.40. The van der Waals surface area contributed by atoms with Crippen molar-refractivity contribution in [2.45, 2.75) is 19.9 Å². The van der Waals surface area contributed by atoms with E-state index in [1.54, 1.807) is 19.2 Å². The van der Waals surface area contributed by atoms with Crippen LogP contribution in [0.15, 0.2) is 12.3 Å². The fraction of sp³-hybridized carbons (Fsp3) is 0.364. The normalized spacial score (nSPS) is 16.2. The van der Waals surface area contributed by atoms with Crippen LogP contribution in [0.25, 0.3) is 0 Å². The first-order chi connectivity index (χ1) is 8.00. The van der Waals surface area contributed by atoms with Gasteiger partial charge < -0.3 is 11.1 Å². The number of rotatable bonds is 1. The maximum Gasteiger partial charge on any atom is 0.245 e. The van der Waals surface area contributed by atoms with Crippen molar-refractivity contribution < 1.29 is 9.59 Å². The molecule has 6 nitrogen and oxygen atoms in total. The van der Waals surface area contributed by atoms with Crippen LogP contribution in [0.2, 0.25) is 0 Å². The molecule has 2 amide bonds. The van der Waals surface area contributed by atoms with Crippen LogP contribution in [-0.2, 0) is 9.59 Å². The molecule has 2 heterocycles. The minimum absolute atomic E-state index is 0.0379. The smallest absolute Gasteiger partial charge is 0.245 e. The van der Waals surface area contributed by atoms with Crippen LogP contribution in [0.3, 0.4) is 0 Å². The van der Waals surface area contributed by atoms with Crippen LogP contribution in [0.1, 0.15) is 12.5 Å². The second-order valence-corrected chi connectivity index (χ2v) is 4.09. The lowest BCUT2D eigenvalue weighted by atomic mass is 10.1. The molecule has 0 bridgehead atoms. The number of fused-ring (bicyclic) bond motifs is 1. The molecule has 0 aromatic carbocycles. The van der Waals surface area contributed by atoms with Crippen LogP contribution >= 0.6 is 0 Å². The number of amides is 2. The first-order valence-electron chi connectivity index (χ1n) is 5.33. The Hall–Kier alpha value is -1.95. The minimum Gasteiger partial charge on any atom is -0.321 e. The summed E-state index contributed by atoms with van der Waals surface area (Å²) in [5.41, 5.74) is 7.00. The van der Waals surface area contributed by atoms with Crippen molar-refractivity contribution in [2.24, 2.45) is 5.73 Å². The lowest BCUT2D eigenvalue weighted by Crippen LogP contribution is -2.48. The summed E-state index contributed by atoms with van der Waals surface area (Å²) in [6.07, 6.45) is 1.60. The van der Waals surface area contributed by atoms with Crippen molar-refractivity contribution in [3.8, 4) is 0 Å². The van der Waals surface area contributed by atoms with Crippen molar-refractivity contribution in [1.82, 2.24) is 4.98 Å². The van der Waals surface area contributed by atoms with E-state index in [4.69, 9.17) is 5.73 Å². The van der Waals surface area contributed by atoms with Gasteiger partial charge in [0.25, 0.3) is 0 Å². The number of carbonyl (C=O) groups excluding carboxylic acids is 2. The molecule has 1 atom stereocenters. The number of carbonyl (C=O) groups is 2. The number of hydrogen-bond acceptors (Lipinski definition) is 4. The predicted octanol–water partition coefficient (Wildman–Crippen LogP) is 0.0223. The molecule has 90 valence electrons. The van der Waals surface area contributed by atoms with E-state index in [-0.39, 0.29) is 18.4 Å². The summed E-state index contributed by atoms with van der Waals surface area (Å²) in [5.74, 6) is -0.0753. The molecular formula is C11H14N4O2. The number of pyridine rings is 1. The third kappa shape index (κ3) is 1.99. The van der Waals surface area contributed by atoms with Crippen molar-refractivity contribution >= 4 is 23.3 Å². The van der Waals surface area contributed by atoms with Crippen LogP contribution in [0.5, 0.6) is 0 Å². The molecule has 2 rings (SSSR count). The van der Waals surface area contributed by atoms with Gasteiger partial charge in [-0.25, -0.2) is 4.98 Å². The molecule has 0 radical (unpaired) electrons. The fourth-order valence-electron chi connectivity index (χ4n) is 1.73. The lowest BCUT2D eigenvalue weighted by Gasteiger charge is -2.29. The average Bonchev–Trinajstić information content (AvgIpc) is 2.28. The topological polar surface area (TPSA) is 88.3 Å². The summed E-state index contributed by atoms with van der Waals surface area (Å²) >= 11 is 0. The van der Waals surface area contributed by atoms with Crippen molar-refractivity contribution in [1.29, 1.82) is 0 Å². The number of aromatic nitrogens is 1. The van der Waals surface area contributed by atoms with E-state index < -0.39 is 6.04 Å². The molecule has 0 fully saturated rings. The van der Waals surface area contributed by atoms with Gasteiger partial charge in [-0.2, -0.15) is 0 Å². The van der Waals surface area contributed by atoms with Crippen molar-refractivity contribution in [3.05, 3.63) is 17.8 Å². The molecule has 1 aliphatic rings. The third-order valence-corrected chi connectivity index (χ3v) is 2.62. The van der Waals surface area contributed by atoms with Crippen LogP contribution < -0.4 is 16.0 Å². The van der Waals surface area contributed by atoms with Gasteiger partial charge >= 0.3 is 0 Å². The zero-order valence-electron chi connectivity index (χ0n) is 9.73. The predicted molar refractivity (Wildman–Crippen MR) is 63.6 cm³/mol. The number of aryl methyl sites for hydroxylation is 1. The molecule has 1 unspecified atom stereocenters. The highest BCUT2D eigenvalue weighted by molar-refractivity contribution is 6.10. The minimum atomic E-state index is -0.656. The number of anilines is 2. The number of nitrogens with one attached hydrogen (secondary N) is 1. The first kappa shape index (κ1) is 11.5. The largest absolute Gasteiger partial charge is 0.321 e. The van der Waals surface area contributed by atoms with Gasteiger partial charge in [-0.3, -0.25) is 14.5 Å². The van der Waals surface area contributed by atoms with Gasteiger partial charge in [0.05, 0.1) is 11.7 Å². The quantitative estimate of drug-likeness (QED) is 0.717. The van der Waals surface area contributed by atoms with E-state index in [1.165, 1.54) is 4.90 Å². The van der Waals surface area contributed by atoms with Crippen molar-refractivity contribution in [2.75, 3.05) is 16.8 Å². The molecule has 6 heteroatoms. The summed E-state index contributed by atoms with van der Waals surface area (Å²) < 4.78 is 0. The standard InChI is InChI=1S/C11H14N4O2/c1-6-3-4-13-10-9(6)14-8(16)5-15(10)11(17)7(2)12/h3-4,7H,5,12H2,1-2H3,(H,14,16). The molecule has 0 saturated heterocycles. The highest BCUT2D eigenvalue weighted by Gasteiger charge is 2.30. The Morgan fingerprint density at radius 1 is 1.65 bits per heavy atom. The van der Waals surface area contributed by atoms with Gasteiger partial charge in [-0.05, 0) is 25.5 Å². The second-order valence-electron chi connectivity index (χ2n) is 4.09. The highest BCUT2D eigenvalue weighted by Crippen LogP contribution is 2.29. The molecule has 17 heavy (non-hydrogen) atoms. The molecule has 0 spiro atoms. The maximum atomic E-state index is 11.9. The Kier molecular flexibility index (Phi) is 2.81. The summed E-state index contributed by atoms with van der Waals surface area (Å²) in [5, 5.41) is 2.72. The van der Waals surface area contributed by atoms with E-state index in [0.717, 1.165) is 5.56 Å². The average molecular weight is 234 g/mol. The molecule has 1 aromatic rings.